The molecule has 0 aliphatic carbocycles. The van der Waals surface area contributed by atoms with Crippen molar-refractivity contribution in [3.63, 3.8) is 0 Å². The molecule has 2 aromatic rings. The number of rotatable bonds is 4. The predicted molar refractivity (Wildman–Crippen MR) is 85.7 cm³/mol. The summed E-state index contributed by atoms with van der Waals surface area (Å²) in [5, 5.41) is 0. The number of benzene rings is 1. The van der Waals surface area contributed by atoms with E-state index < -0.39 is 0 Å². The van der Waals surface area contributed by atoms with E-state index in [0.29, 0.717) is 5.69 Å². The fourth-order valence-corrected chi connectivity index (χ4v) is 1.93. The normalized spacial score (nSPS) is 10.6. The Morgan fingerprint density at radius 3 is 2.36 bits per heavy atom. The van der Waals surface area contributed by atoms with Crippen molar-refractivity contribution in [3.8, 4) is 17.0 Å². The summed E-state index contributed by atoms with van der Waals surface area (Å²) in [6.45, 7) is 3.94. The first-order valence-corrected chi connectivity index (χ1v) is 7.00. The van der Waals surface area contributed by atoms with Crippen molar-refractivity contribution < 1.29 is 9.53 Å². The standard InChI is InChI=1S/C16H20N4O2/c1-10(2)22-12-7-5-11(6-8-12)13-9-14(15(21)20(3)4)19-16(17)18-13/h5-10H,1-4H3,(H2,17,18,19). The van der Waals surface area contributed by atoms with Crippen LogP contribution in [0.4, 0.5) is 5.95 Å². The maximum absolute atomic E-state index is 12.0. The molecule has 0 unspecified atom stereocenters. The van der Waals surface area contributed by atoms with Gasteiger partial charge in [0.25, 0.3) is 5.91 Å². The van der Waals surface area contributed by atoms with Gasteiger partial charge in [0.05, 0.1) is 11.8 Å². The molecule has 0 aliphatic heterocycles. The minimum Gasteiger partial charge on any atom is -0.491 e. The van der Waals surface area contributed by atoms with Crippen LogP contribution in [0, 0.1) is 0 Å². The Bertz CT molecular complexity index is 666. The molecule has 0 spiro atoms. The number of nitrogens with two attached hydrogens (primary N) is 1. The summed E-state index contributed by atoms with van der Waals surface area (Å²) in [6.07, 6.45) is 0.116. The van der Waals surface area contributed by atoms with Crippen LogP contribution in [0.2, 0.25) is 0 Å². The molecule has 6 nitrogen and oxygen atoms in total. The van der Waals surface area contributed by atoms with Crippen LogP contribution in [0.3, 0.4) is 0 Å². The third-order valence-electron chi connectivity index (χ3n) is 2.89. The van der Waals surface area contributed by atoms with E-state index in [4.69, 9.17) is 10.5 Å². The average Bonchev–Trinajstić information content (AvgIpc) is 2.45. The van der Waals surface area contributed by atoms with Crippen LogP contribution >= 0.6 is 0 Å². The Kier molecular flexibility index (Phi) is 4.60. The van der Waals surface area contributed by atoms with Gasteiger partial charge in [-0.25, -0.2) is 9.97 Å². The van der Waals surface area contributed by atoms with E-state index in [1.807, 2.05) is 38.1 Å². The molecule has 6 heteroatoms. The molecule has 0 saturated heterocycles. The zero-order chi connectivity index (χ0) is 16.3. The Labute approximate surface area is 129 Å². The van der Waals surface area contributed by atoms with Gasteiger partial charge in [0.2, 0.25) is 5.95 Å². The van der Waals surface area contributed by atoms with Crippen molar-refractivity contribution in [2.75, 3.05) is 19.8 Å². The van der Waals surface area contributed by atoms with Gasteiger partial charge < -0.3 is 15.4 Å². The van der Waals surface area contributed by atoms with E-state index in [9.17, 15) is 4.79 Å². The number of carbonyl (C=O) groups excluding carboxylic acids is 1. The van der Waals surface area contributed by atoms with Gasteiger partial charge in [-0.1, -0.05) is 0 Å². The highest BCUT2D eigenvalue weighted by Crippen LogP contribution is 2.22. The lowest BCUT2D eigenvalue weighted by molar-refractivity contribution is 0.0822. The smallest absolute Gasteiger partial charge is 0.272 e. The summed E-state index contributed by atoms with van der Waals surface area (Å²) in [7, 11) is 3.33. The van der Waals surface area contributed by atoms with Crippen LogP contribution < -0.4 is 10.5 Å². The second kappa shape index (κ2) is 6.43. The number of ether oxygens (including phenoxy) is 1. The van der Waals surface area contributed by atoms with Gasteiger partial charge in [-0.05, 0) is 44.2 Å². The first-order valence-electron chi connectivity index (χ1n) is 7.00. The molecule has 2 N–H and O–H groups in total. The Morgan fingerprint density at radius 1 is 1.18 bits per heavy atom. The highest BCUT2D eigenvalue weighted by atomic mass is 16.5. The van der Waals surface area contributed by atoms with Crippen molar-refractivity contribution in [2.45, 2.75) is 20.0 Å². The SMILES string of the molecule is CC(C)Oc1ccc(-c2cc(C(=O)N(C)C)nc(N)n2)cc1. The van der Waals surface area contributed by atoms with Gasteiger partial charge in [0.15, 0.2) is 0 Å². The number of anilines is 1. The summed E-state index contributed by atoms with van der Waals surface area (Å²) in [5.74, 6) is 0.644. The summed E-state index contributed by atoms with van der Waals surface area (Å²) in [5.41, 5.74) is 7.44. The minimum atomic E-state index is -0.213. The summed E-state index contributed by atoms with van der Waals surface area (Å²) in [6, 6.07) is 9.12. The lowest BCUT2D eigenvalue weighted by Crippen LogP contribution is -2.23. The van der Waals surface area contributed by atoms with Crippen LogP contribution in [0.1, 0.15) is 24.3 Å². The first-order chi connectivity index (χ1) is 10.4. The van der Waals surface area contributed by atoms with E-state index in [1.54, 1.807) is 20.2 Å². The van der Waals surface area contributed by atoms with Gasteiger partial charge in [0.1, 0.15) is 11.4 Å². The van der Waals surface area contributed by atoms with Crippen LogP contribution in [0.25, 0.3) is 11.3 Å². The van der Waals surface area contributed by atoms with Gasteiger partial charge in [0, 0.05) is 19.7 Å². The molecule has 116 valence electrons. The molecular weight excluding hydrogens is 280 g/mol. The van der Waals surface area contributed by atoms with E-state index >= 15 is 0 Å². The number of hydrogen-bond acceptors (Lipinski definition) is 5. The number of amides is 1. The minimum absolute atomic E-state index is 0.0743. The van der Waals surface area contributed by atoms with Crippen LogP contribution in [0.5, 0.6) is 5.75 Å². The van der Waals surface area contributed by atoms with E-state index in [2.05, 4.69) is 9.97 Å². The Hall–Kier alpha value is -2.63. The van der Waals surface area contributed by atoms with Crippen LogP contribution in [0.15, 0.2) is 30.3 Å². The molecule has 1 aromatic heterocycles. The Balaban J connectivity index is 2.34. The van der Waals surface area contributed by atoms with E-state index in [0.717, 1.165) is 11.3 Å². The summed E-state index contributed by atoms with van der Waals surface area (Å²) < 4.78 is 5.60. The lowest BCUT2D eigenvalue weighted by Gasteiger charge is -2.12. The highest BCUT2D eigenvalue weighted by Gasteiger charge is 2.13. The maximum atomic E-state index is 12.0. The second-order valence-electron chi connectivity index (χ2n) is 5.39. The first kappa shape index (κ1) is 15.8. The molecule has 0 aliphatic rings. The fraction of sp³-hybridized carbons (Fsp3) is 0.312. The topological polar surface area (TPSA) is 81.3 Å². The monoisotopic (exact) mass is 300 g/mol. The third kappa shape index (κ3) is 3.72. The molecule has 0 atom stereocenters. The lowest BCUT2D eigenvalue weighted by atomic mass is 10.1. The zero-order valence-corrected chi connectivity index (χ0v) is 13.2. The summed E-state index contributed by atoms with van der Waals surface area (Å²) >= 11 is 0. The van der Waals surface area contributed by atoms with Gasteiger partial charge in [-0.15, -0.1) is 0 Å². The van der Waals surface area contributed by atoms with Crippen molar-refractivity contribution >= 4 is 11.9 Å². The molecule has 0 bridgehead atoms. The molecule has 1 heterocycles. The van der Waals surface area contributed by atoms with Crippen molar-refractivity contribution in [2.24, 2.45) is 0 Å². The molecule has 1 aromatic carbocycles. The number of carbonyl (C=O) groups is 1. The van der Waals surface area contributed by atoms with E-state index in [1.165, 1.54) is 4.90 Å². The molecule has 0 fully saturated rings. The fourth-order valence-electron chi connectivity index (χ4n) is 1.93. The van der Waals surface area contributed by atoms with Crippen LogP contribution in [-0.2, 0) is 0 Å². The Morgan fingerprint density at radius 2 is 1.82 bits per heavy atom. The highest BCUT2D eigenvalue weighted by molar-refractivity contribution is 5.93. The van der Waals surface area contributed by atoms with Gasteiger partial charge in [-0.2, -0.15) is 0 Å². The predicted octanol–water partition coefficient (Wildman–Crippen LogP) is 2.21. The molecule has 2 rings (SSSR count). The molecule has 0 saturated carbocycles. The third-order valence-corrected chi connectivity index (χ3v) is 2.89. The largest absolute Gasteiger partial charge is 0.491 e. The van der Waals surface area contributed by atoms with Gasteiger partial charge >= 0.3 is 0 Å². The maximum Gasteiger partial charge on any atom is 0.272 e. The summed E-state index contributed by atoms with van der Waals surface area (Å²) in [4.78, 5) is 21.6. The van der Waals surface area contributed by atoms with Crippen molar-refractivity contribution in [1.82, 2.24) is 14.9 Å². The van der Waals surface area contributed by atoms with E-state index in [-0.39, 0.29) is 23.7 Å². The molecule has 0 radical (unpaired) electrons. The number of hydrogen-bond donors (Lipinski definition) is 1. The number of nitrogens with zero attached hydrogens (tertiary/aromatic N) is 3. The molecular formula is C16H20N4O2. The zero-order valence-electron chi connectivity index (χ0n) is 13.2. The van der Waals surface area contributed by atoms with Crippen molar-refractivity contribution in [1.29, 1.82) is 0 Å². The van der Waals surface area contributed by atoms with Crippen LogP contribution in [-0.4, -0.2) is 41.0 Å². The quantitative estimate of drug-likeness (QED) is 0.936. The molecule has 1 amide bonds. The molecule has 22 heavy (non-hydrogen) atoms. The van der Waals surface area contributed by atoms with Crippen molar-refractivity contribution in [3.05, 3.63) is 36.0 Å². The van der Waals surface area contributed by atoms with Gasteiger partial charge in [-0.3, -0.25) is 4.79 Å². The second-order valence-corrected chi connectivity index (χ2v) is 5.39. The number of nitrogen functional groups attached to an aromatic ring is 1. The number of aromatic nitrogens is 2. The average molecular weight is 300 g/mol.